The lowest BCUT2D eigenvalue weighted by Crippen LogP contribution is -2.78. The van der Waals surface area contributed by atoms with E-state index in [1.165, 1.54) is 0 Å². The maximum atomic E-state index is 9.31. The van der Waals surface area contributed by atoms with Gasteiger partial charge in [0.05, 0.1) is 6.61 Å². The fourth-order valence-electron chi connectivity index (χ4n) is 1.18. The molecule has 6 nitrogen and oxygen atoms in total. The van der Waals surface area contributed by atoms with Crippen LogP contribution in [0.5, 0.6) is 0 Å². The normalized spacial score (nSPS) is 49.2. The highest BCUT2D eigenvalue weighted by molar-refractivity contribution is 4.87. The number of aliphatic hydroxyl groups excluding tert-OH is 4. The fourth-order valence-corrected chi connectivity index (χ4v) is 1.18. The number of aliphatic hydroxyl groups is 4. The molecule has 0 aromatic rings. The Kier molecular flexibility index (Phi) is 2.99. The van der Waals surface area contributed by atoms with E-state index in [2.05, 4.69) is 5.73 Å². The number of hydrogen-bond acceptors (Lipinski definition) is 5. The lowest BCUT2D eigenvalue weighted by Gasteiger charge is -2.35. The van der Waals surface area contributed by atoms with Crippen LogP contribution in [0.15, 0.2) is 0 Å². The molecule has 0 saturated carbocycles. The van der Waals surface area contributed by atoms with Crippen molar-refractivity contribution in [2.75, 3.05) is 6.61 Å². The number of rotatable bonds is 1. The van der Waals surface area contributed by atoms with E-state index in [1.54, 1.807) is 0 Å². The Bertz CT molecular complexity index is 150. The minimum Gasteiger partial charge on any atom is -0.394 e. The molecule has 1 heterocycles. The Morgan fingerprint density at radius 1 is 1.17 bits per heavy atom. The first-order chi connectivity index (χ1) is 5.57. The Morgan fingerprint density at radius 2 is 1.75 bits per heavy atom. The highest BCUT2D eigenvalue weighted by Gasteiger charge is 2.44. The third-order valence-electron chi connectivity index (χ3n) is 2.04. The molecule has 0 aliphatic carbocycles. The average molecular weight is 180 g/mol. The summed E-state index contributed by atoms with van der Waals surface area (Å²) in [6.07, 6.45) is -4.50. The molecule has 6 heteroatoms. The summed E-state index contributed by atoms with van der Waals surface area (Å²) in [7, 11) is 0. The summed E-state index contributed by atoms with van der Waals surface area (Å²) in [6, 6.07) is -0.745. The second-order valence-corrected chi connectivity index (χ2v) is 2.89. The predicted octanol–water partition coefficient (Wildman–Crippen LogP) is -3.97. The van der Waals surface area contributed by atoms with E-state index < -0.39 is 37.3 Å². The quantitative estimate of drug-likeness (QED) is 0.282. The van der Waals surface area contributed by atoms with Gasteiger partial charge in [0.25, 0.3) is 0 Å². The summed E-state index contributed by atoms with van der Waals surface area (Å²) >= 11 is 0. The molecule has 0 radical (unpaired) electrons. The monoisotopic (exact) mass is 180 g/mol. The Labute approximate surface area is 69.2 Å². The number of quaternary nitrogens is 1. The zero-order valence-corrected chi connectivity index (χ0v) is 6.50. The molecule has 12 heavy (non-hydrogen) atoms. The van der Waals surface area contributed by atoms with E-state index in [0.717, 1.165) is 0 Å². The largest absolute Gasteiger partial charge is 0.394 e. The molecule has 72 valence electrons. The van der Waals surface area contributed by atoms with Crippen LogP contribution >= 0.6 is 0 Å². The lowest BCUT2D eigenvalue weighted by molar-refractivity contribution is -0.487. The molecule has 7 N–H and O–H groups in total. The molecule has 0 aromatic carbocycles. The van der Waals surface area contributed by atoms with Crippen LogP contribution in [0.4, 0.5) is 0 Å². The minimum absolute atomic E-state index is 0.406. The van der Waals surface area contributed by atoms with E-state index in [0.29, 0.717) is 0 Å². The van der Waals surface area contributed by atoms with Crippen LogP contribution in [-0.2, 0) is 4.74 Å². The molecule has 0 amide bonds. The van der Waals surface area contributed by atoms with Gasteiger partial charge >= 0.3 is 0 Å². The topological polar surface area (TPSA) is 118 Å². The smallest absolute Gasteiger partial charge is 0.187 e. The zero-order valence-electron chi connectivity index (χ0n) is 6.50. The van der Waals surface area contributed by atoms with E-state index in [9.17, 15) is 5.11 Å². The van der Waals surface area contributed by atoms with E-state index in [4.69, 9.17) is 20.1 Å². The van der Waals surface area contributed by atoms with Gasteiger partial charge in [-0.05, 0) is 0 Å². The van der Waals surface area contributed by atoms with Gasteiger partial charge in [0.15, 0.2) is 12.4 Å². The fraction of sp³-hybridized carbons (Fsp3) is 1.00. The summed E-state index contributed by atoms with van der Waals surface area (Å²) < 4.78 is 4.70. The van der Waals surface area contributed by atoms with Crippen molar-refractivity contribution in [1.29, 1.82) is 0 Å². The third kappa shape index (κ3) is 1.58. The standard InChI is InChI=1S/C6H13NO5/c7-3-4(9)2(1-8)12-6(11)5(3)10/h2-6,8-11H,1,7H2/p+1/t2-,3+,4-,5-,6+/m1/s1. The van der Waals surface area contributed by atoms with Crippen molar-refractivity contribution in [1.82, 2.24) is 0 Å². The Morgan fingerprint density at radius 3 is 2.25 bits per heavy atom. The van der Waals surface area contributed by atoms with Gasteiger partial charge < -0.3 is 30.9 Å². The first kappa shape index (κ1) is 9.85. The van der Waals surface area contributed by atoms with Crippen molar-refractivity contribution in [3.05, 3.63) is 0 Å². The van der Waals surface area contributed by atoms with Gasteiger partial charge in [-0.3, -0.25) is 0 Å². The van der Waals surface area contributed by atoms with Crippen LogP contribution in [0.1, 0.15) is 0 Å². The van der Waals surface area contributed by atoms with Gasteiger partial charge in [-0.1, -0.05) is 0 Å². The molecule has 1 aliphatic rings. The Hall–Kier alpha value is -0.240. The van der Waals surface area contributed by atoms with Gasteiger partial charge in [-0.2, -0.15) is 0 Å². The Balaban J connectivity index is 2.63. The lowest BCUT2D eigenvalue weighted by atomic mass is 9.97. The highest BCUT2D eigenvalue weighted by Crippen LogP contribution is 2.16. The molecule has 0 aromatic heterocycles. The third-order valence-corrected chi connectivity index (χ3v) is 2.04. The SMILES string of the molecule is [NH3+][C@@H]1[C@@H](O)[C@@H](O)O[C@H](CO)[C@H]1O. The molecule has 1 fully saturated rings. The molecule has 1 aliphatic heterocycles. The second-order valence-electron chi connectivity index (χ2n) is 2.89. The van der Waals surface area contributed by atoms with Crippen molar-refractivity contribution in [3.63, 3.8) is 0 Å². The van der Waals surface area contributed by atoms with Crippen molar-refractivity contribution in [2.45, 2.75) is 30.6 Å². The van der Waals surface area contributed by atoms with E-state index in [-0.39, 0.29) is 0 Å². The van der Waals surface area contributed by atoms with Gasteiger partial charge in [-0.25, -0.2) is 0 Å². The summed E-state index contributed by atoms with van der Waals surface area (Å²) in [4.78, 5) is 0. The van der Waals surface area contributed by atoms with E-state index >= 15 is 0 Å². The zero-order chi connectivity index (χ0) is 9.30. The molecule has 0 bridgehead atoms. The molecule has 5 atom stereocenters. The summed E-state index contributed by atoms with van der Waals surface area (Å²) in [5.41, 5.74) is 3.46. The van der Waals surface area contributed by atoms with Crippen LogP contribution in [0.3, 0.4) is 0 Å². The highest BCUT2D eigenvalue weighted by atomic mass is 16.6. The molecule has 1 saturated heterocycles. The predicted molar refractivity (Wildman–Crippen MR) is 36.7 cm³/mol. The van der Waals surface area contributed by atoms with Gasteiger partial charge in [-0.15, -0.1) is 0 Å². The van der Waals surface area contributed by atoms with Crippen molar-refractivity contribution in [3.8, 4) is 0 Å². The van der Waals surface area contributed by atoms with Crippen LogP contribution in [0.25, 0.3) is 0 Å². The summed E-state index contributed by atoms with van der Waals surface area (Å²) in [6.45, 7) is -0.406. The molecular formula is C6H14NO5+. The van der Waals surface area contributed by atoms with Crippen LogP contribution in [-0.4, -0.2) is 57.7 Å². The van der Waals surface area contributed by atoms with Gasteiger partial charge in [0, 0.05) is 0 Å². The first-order valence-electron chi connectivity index (χ1n) is 3.71. The van der Waals surface area contributed by atoms with Crippen molar-refractivity contribution in [2.24, 2.45) is 0 Å². The van der Waals surface area contributed by atoms with Crippen LogP contribution < -0.4 is 5.73 Å². The van der Waals surface area contributed by atoms with Crippen molar-refractivity contribution < 1.29 is 30.9 Å². The van der Waals surface area contributed by atoms with Gasteiger partial charge in [0.1, 0.15) is 18.2 Å². The second kappa shape index (κ2) is 3.65. The maximum absolute atomic E-state index is 9.31. The molecule has 0 unspecified atom stereocenters. The first-order valence-corrected chi connectivity index (χ1v) is 3.71. The molecule has 0 spiro atoms. The van der Waals surface area contributed by atoms with Crippen molar-refractivity contribution >= 4 is 0 Å². The van der Waals surface area contributed by atoms with Crippen LogP contribution in [0.2, 0.25) is 0 Å². The minimum atomic E-state index is -1.38. The van der Waals surface area contributed by atoms with Crippen LogP contribution in [0, 0.1) is 0 Å². The number of ether oxygens (including phenoxy) is 1. The summed E-state index contributed by atoms with van der Waals surface area (Å²) in [5.74, 6) is 0. The summed E-state index contributed by atoms with van der Waals surface area (Å²) in [5, 5.41) is 36.2. The molecular weight excluding hydrogens is 166 g/mol. The number of hydrogen-bond donors (Lipinski definition) is 5. The maximum Gasteiger partial charge on any atom is 0.187 e. The van der Waals surface area contributed by atoms with E-state index in [1.807, 2.05) is 0 Å². The van der Waals surface area contributed by atoms with Gasteiger partial charge in [0.2, 0.25) is 0 Å². The molecule has 1 rings (SSSR count). The average Bonchev–Trinajstić information content (AvgIpc) is 2.08.